The summed E-state index contributed by atoms with van der Waals surface area (Å²) in [6, 6.07) is 5.07. The second-order valence-electron chi connectivity index (χ2n) is 4.57. The number of rotatable bonds is 7. The van der Waals surface area contributed by atoms with Gasteiger partial charge in [-0.25, -0.2) is 0 Å². The van der Waals surface area contributed by atoms with Crippen LogP contribution in [0.3, 0.4) is 0 Å². The van der Waals surface area contributed by atoms with Crippen molar-refractivity contribution >= 4 is 11.3 Å². The van der Waals surface area contributed by atoms with Gasteiger partial charge in [-0.15, -0.1) is 11.3 Å². The molecule has 0 saturated carbocycles. The standard InChI is InChI=1S/C13H23NS/c1-11(2)6-7-12(14-3)8-9-13-5-4-10-15-13/h4-5,10-12,14H,6-9H2,1-3H3. The Labute approximate surface area is 97.9 Å². The zero-order chi connectivity index (χ0) is 11.1. The van der Waals surface area contributed by atoms with Crippen LogP contribution in [0.5, 0.6) is 0 Å². The third-order valence-corrected chi connectivity index (χ3v) is 3.76. The van der Waals surface area contributed by atoms with E-state index in [9.17, 15) is 0 Å². The minimum absolute atomic E-state index is 0.689. The highest BCUT2D eigenvalue weighted by Crippen LogP contribution is 2.15. The van der Waals surface area contributed by atoms with Crippen molar-refractivity contribution in [3.63, 3.8) is 0 Å². The first kappa shape index (κ1) is 12.7. The van der Waals surface area contributed by atoms with E-state index < -0.39 is 0 Å². The summed E-state index contributed by atoms with van der Waals surface area (Å²) in [5, 5.41) is 5.59. The molecule has 1 nitrogen and oxygen atoms in total. The summed E-state index contributed by atoms with van der Waals surface area (Å²) in [7, 11) is 2.08. The van der Waals surface area contributed by atoms with Crippen LogP contribution in [0.1, 0.15) is 38.0 Å². The molecule has 0 bridgehead atoms. The maximum Gasteiger partial charge on any atom is 0.00676 e. The van der Waals surface area contributed by atoms with E-state index in [2.05, 4.69) is 43.7 Å². The van der Waals surface area contributed by atoms with Crippen LogP contribution in [0, 0.1) is 5.92 Å². The summed E-state index contributed by atoms with van der Waals surface area (Å²) in [5.41, 5.74) is 0. The van der Waals surface area contributed by atoms with Crippen molar-refractivity contribution in [2.24, 2.45) is 5.92 Å². The molecule has 0 aliphatic carbocycles. The lowest BCUT2D eigenvalue weighted by atomic mass is 10.00. The molecule has 0 aromatic carbocycles. The van der Waals surface area contributed by atoms with Gasteiger partial charge in [-0.05, 0) is 50.1 Å². The van der Waals surface area contributed by atoms with Gasteiger partial charge in [-0.1, -0.05) is 19.9 Å². The number of hydrogen-bond donors (Lipinski definition) is 1. The summed E-state index contributed by atoms with van der Waals surface area (Å²) in [4.78, 5) is 1.51. The van der Waals surface area contributed by atoms with Crippen LogP contribution in [-0.4, -0.2) is 13.1 Å². The minimum Gasteiger partial charge on any atom is -0.317 e. The molecule has 2 heteroatoms. The molecule has 1 aromatic rings. The molecule has 0 saturated heterocycles. The van der Waals surface area contributed by atoms with E-state index in [-0.39, 0.29) is 0 Å². The van der Waals surface area contributed by atoms with E-state index in [1.165, 1.54) is 30.6 Å². The first-order chi connectivity index (χ1) is 7.22. The highest BCUT2D eigenvalue weighted by Gasteiger charge is 2.07. The van der Waals surface area contributed by atoms with Gasteiger partial charge in [-0.3, -0.25) is 0 Å². The smallest absolute Gasteiger partial charge is 0.00676 e. The van der Waals surface area contributed by atoms with E-state index in [1.54, 1.807) is 0 Å². The average Bonchev–Trinajstić information content (AvgIpc) is 2.70. The van der Waals surface area contributed by atoms with Gasteiger partial charge in [0.1, 0.15) is 0 Å². The van der Waals surface area contributed by atoms with E-state index >= 15 is 0 Å². The number of thiophene rings is 1. The van der Waals surface area contributed by atoms with Gasteiger partial charge in [0.05, 0.1) is 0 Å². The van der Waals surface area contributed by atoms with Gasteiger partial charge in [0.15, 0.2) is 0 Å². The summed E-state index contributed by atoms with van der Waals surface area (Å²) in [6.07, 6.45) is 5.13. The lowest BCUT2D eigenvalue weighted by Crippen LogP contribution is -2.26. The highest BCUT2D eigenvalue weighted by molar-refractivity contribution is 7.09. The fourth-order valence-electron chi connectivity index (χ4n) is 1.74. The van der Waals surface area contributed by atoms with Crippen LogP contribution in [0.25, 0.3) is 0 Å². The van der Waals surface area contributed by atoms with Crippen molar-refractivity contribution in [1.29, 1.82) is 0 Å². The summed E-state index contributed by atoms with van der Waals surface area (Å²) >= 11 is 1.87. The number of hydrogen-bond acceptors (Lipinski definition) is 2. The first-order valence-corrected chi connectivity index (χ1v) is 6.80. The Morgan fingerprint density at radius 2 is 2.07 bits per heavy atom. The molecule has 0 fully saturated rings. The summed E-state index contributed by atoms with van der Waals surface area (Å²) < 4.78 is 0. The van der Waals surface area contributed by atoms with Crippen LogP contribution in [-0.2, 0) is 6.42 Å². The van der Waals surface area contributed by atoms with Crippen molar-refractivity contribution in [3.8, 4) is 0 Å². The molecule has 1 aromatic heterocycles. The van der Waals surface area contributed by atoms with Crippen molar-refractivity contribution in [1.82, 2.24) is 5.32 Å². The average molecular weight is 225 g/mol. The molecule has 0 radical (unpaired) electrons. The van der Waals surface area contributed by atoms with Crippen molar-refractivity contribution in [3.05, 3.63) is 22.4 Å². The Balaban J connectivity index is 2.22. The maximum atomic E-state index is 3.42. The van der Waals surface area contributed by atoms with E-state index in [1.807, 2.05) is 11.3 Å². The molecule has 1 N–H and O–H groups in total. The Hall–Kier alpha value is -0.340. The van der Waals surface area contributed by atoms with E-state index in [4.69, 9.17) is 0 Å². The second kappa shape index (κ2) is 7.02. The SMILES string of the molecule is CNC(CCc1cccs1)CCC(C)C. The van der Waals surface area contributed by atoms with Crippen molar-refractivity contribution < 1.29 is 0 Å². The van der Waals surface area contributed by atoms with Gasteiger partial charge < -0.3 is 5.32 Å². The molecule has 1 heterocycles. The fraction of sp³-hybridized carbons (Fsp3) is 0.692. The van der Waals surface area contributed by atoms with Crippen LogP contribution in [0.15, 0.2) is 17.5 Å². The Kier molecular flexibility index (Phi) is 5.96. The Morgan fingerprint density at radius 3 is 2.60 bits per heavy atom. The zero-order valence-electron chi connectivity index (χ0n) is 10.1. The zero-order valence-corrected chi connectivity index (χ0v) is 10.9. The topological polar surface area (TPSA) is 12.0 Å². The van der Waals surface area contributed by atoms with Gasteiger partial charge in [0.2, 0.25) is 0 Å². The third-order valence-electron chi connectivity index (χ3n) is 2.82. The normalized spacial score (nSPS) is 13.3. The predicted molar refractivity (Wildman–Crippen MR) is 69.6 cm³/mol. The fourth-order valence-corrected chi connectivity index (χ4v) is 2.46. The molecule has 15 heavy (non-hydrogen) atoms. The lowest BCUT2D eigenvalue weighted by Gasteiger charge is -2.16. The third kappa shape index (κ3) is 5.33. The molecule has 0 aliphatic heterocycles. The quantitative estimate of drug-likeness (QED) is 0.746. The summed E-state index contributed by atoms with van der Waals surface area (Å²) in [6.45, 7) is 4.60. The Bertz CT molecular complexity index is 241. The van der Waals surface area contributed by atoms with Crippen LogP contribution in [0.2, 0.25) is 0 Å². The minimum atomic E-state index is 0.689. The monoisotopic (exact) mass is 225 g/mol. The van der Waals surface area contributed by atoms with Crippen molar-refractivity contribution in [2.45, 2.75) is 45.6 Å². The summed E-state index contributed by atoms with van der Waals surface area (Å²) in [5.74, 6) is 0.822. The molecule has 0 amide bonds. The molecule has 1 atom stereocenters. The highest BCUT2D eigenvalue weighted by atomic mass is 32.1. The molecule has 0 spiro atoms. The van der Waals surface area contributed by atoms with Crippen LogP contribution in [0.4, 0.5) is 0 Å². The van der Waals surface area contributed by atoms with Gasteiger partial charge in [0.25, 0.3) is 0 Å². The van der Waals surface area contributed by atoms with Crippen LogP contribution < -0.4 is 5.32 Å². The number of aryl methyl sites for hydroxylation is 1. The van der Waals surface area contributed by atoms with Gasteiger partial charge in [-0.2, -0.15) is 0 Å². The molecular weight excluding hydrogens is 202 g/mol. The first-order valence-electron chi connectivity index (χ1n) is 5.92. The maximum absolute atomic E-state index is 3.42. The predicted octanol–water partition coefficient (Wildman–Crippen LogP) is 3.70. The lowest BCUT2D eigenvalue weighted by molar-refractivity contribution is 0.434. The molecule has 1 rings (SSSR count). The van der Waals surface area contributed by atoms with Gasteiger partial charge >= 0.3 is 0 Å². The molecule has 86 valence electrons. The molecule has 1 unspecified atom stereocenters. The van der Waals surface area contributed by atoms with E-state index in [0.29, 0.717) is 6.04 Å². The second-order valence-corrected chi connectivity index (χ2v) is 5.61. The van der Waals surface area contributed by atoms with Crippen LogP contribution >= 0.6 is 11.3 Å². The van der Waals surface area contributed by atoms with Crippen molar-refractivity contribution in [2.75, 3.05) is 7.05 Å². The Morgan fingerprint density at radius 1 is 1.27 bits per heavy atom. The molecule has 0 aliphatic rings. The number of nitrogens with one attached hydrogen (secondary N) is 1. The molecular formula is C13H23NS. The van der Waals surface area contributed by atoms with E-state index in [0.717, 1.165) is 5.92 Å². The van der Waals surface area contributed by atoms with Gasteiger partial charge in [0, 0.05) is 10.9 Å². The largest absolute Gasteiger partial charge is 0.317 e.